The molecule has 4 rings (SSSR count). The van der Waals surface area contributed by atoms with Crippen molar-refractivity contribution in [2.24, 2.45) is 11.8 Å². The summed E-state index contributed by atoms with van der Waals surface area (Å²) in [4.78, 5) is 13.4. The largest absolute Gasteiger partial charge is 0.356 e. The molecule has 2 unspecified atom stereocenters. The Morgan fingerprint density at radius 2 is 1.88 bits per heavy atom. The minimum absolute atomic E-state index is 0.325. The van der Waals surface area contributed by atoms with Gasteiger partial charge in [0.25, 0.3) is 0 Å². The summed E-state index contributed by atoms with van der Waals surface area (Å²) >= 11 is 0. The van der Waals surface area contributed by atoms with E-state index in [9.17, 15) is 8.42 Å². The molecule has 2 atom stereocenters. The van der Waals surface area contributed by atoms with Gasteiger partial charge in [-0.3, -0.25) is 0 Å². The van der Waals surface area contributed by atoms with Gasteiger partial charge in [0, 0.05) is 57.6 Å². The fraction of sp³-hybridized carbons (Fsp3) is 0.750. The van der Waals surface area contributed by atoms with E-state index in [2.05, 4.69) is 25.8 Å². The molecule has 3 aliphatic rings. The zero-order chi connectivity index (χ0) is 16.7. The molecule has 0 amide bonds. The zero-order valence-corrected chi connectivity index (χ0v) is 15.0. The van der Waals surface area contributed by atoms with Crippen LogP contribution in [0.1, 0.15) is 12.1 Å². The van der Waals surface area contributed by atoms with Crippen LogP contribution in [0.4, 0.5) is 5.82 Å². The van der Waals surface area contributed by atoms with Crippen molar-refractivity contribution in [1.29, 1.82) is 0 Å². The van der Waals surface area contributed by atoms with E-state index >= 15 is 0 Å². The SMILES string of the molecule is Cc1cc(N2CC3CN(CCN4CCCS4(=O)=O)CC3C2)ncn1. The Morgan fingerprint density at radius 1 is 1.12 bits per heavy atom. The second kappa shape index (κ2) is 6.24. The van der Waals surface area contributed by atoms with Crippen LogP contribution in [0.2, 0.25) is 0 Å². The normalized spacial score (nSPS) is 30.1. The summed E-state index contributed by atoms with van der Waals surface area (Å²) in [6, 6.07) is 2.05. The van der Waals surface area contributed by atoms with Gasteiger partial charge in [0.05, 0.1) is 5.75 Å². The average Bonchev–Trinajstić information content (AvgIpc) is 3.17. The first-order chi connectivity index (χ1) is 11.5. The van der Waals surface area contributed by atoms with Crippen molar-refractivity contribution in [3.05, 3.63) is 18.1 Å². The van der Waals surface area contributed by atoms with E-state index in [0.717, 1.165) is 50.7 Å². The second-order valence-electron chi connectivity index (χ2n) is 7.27. The van der Waals surface area contributed by atoms with E-state index < -0.39 is 10.0 Å². The number of anilines is 1. The van der Waals surface area contributed by atoms with Crippen LogP contribution in [-0.2, 0) is 10.0 Å². The first kappa shape index (κ1) is 16.2. The Morgan fingerprint density at radius 3 is 2.50 bits per heavy atom. The third-order valence-electron chi connectivity index (χ3n) is 5.54. The van der Waals surface area contributed by atoms with Gasteiger partial charge < -0.3 is 9.80 Å². The van der Waals surface area contributed by atoms with Gasteiger partial charge in [-0.2, -0.15) is 0 Å². The van der Waals surface area contributed by atoms with Gasteiger partial charge in [0.2, 0.25) is 10.0 Å². The lowest BCUT2D eigenvalue weighted by molar-refractivity contribution is 0.286. The highest BCUT2D eigenvalue weighted by Crippen LogP contribution is 2.33. The Balaban J connectivity index is 1.30. The minimum Gasteiger partial charge on any atom is -0.356 e. The van der Waals surface area contributed by atoms with Gasteiger partial charge in [-0.15, -0.1) is 0 Å². The number of hydrogen-bond acceptors (Lipinski definition) is 6. The fourth-order valence-corrected chi connectivity index (χ4v) is 5.79. The van der Waals surface area contributed by atoms with Crippen LogP contribution in [0, 0.1) is 18.8 Å². The van der Waals surface area contributed by atoms with E-state index in [0.29, 0.717) is 30.7 Å². The molecule has 4 heterocycles. The highest BCUT2D eigenvalue weighted by atomic mass is 32.2. The smallest absolute Gasteiger partial charge is 0.214 e. The van der Waals surface area contributed by atoms with Crippen LogP contribution in [0.5, 0.6) is 0 Å². The molecule has 0 aromatic carbocycles. The Hall–Kier alpha value is -1.25. The number of sulfonamides is 1. The lowest BCUT2D eigenvalue weighted by atomic mass is 10.0. The van der Waals surface area contributed by atoms with Crippen LogP contribution >= 0.6 is 0 Å². The fourth-order valence-electron chi connectivity index (χ4n) is 4.27. The molecule has 24 heavy (non-hydrogen) atoms. The van der Waals surface area contributed by atoms with Crippen LogP contribution < -0.4 is 4.90 Å². The van der Waals surface area contributed by atoms with Gasteiger partial charge in [-0.25, -0.2) is 22.7 Å². The van der Waals surface area contributed by atoms with Gasteiger partial charge in [-0.1, -0.05) is 0 Å². The predicted molar refractivity (Wildman–Crippen MR) is 92.4 cm³/mol. The molecule has 3 saturated heterocycles. The molecule has 0 saturated carbocycles. The molecule has 3 aliphatic heterocycles. The number of fused-ring (bicyclic) bond motifs is 1. The summed E-state index contributed by atoms with van der Waals surface area (Å²) in [5, 5.41) is 0. The molecule has 0 N–H and O–H groups in total. The third-order valence-corrected chi connectivity index (χ3v) is 7.50. The Bertz CT molecular complexity index is 696. The van der Waals surface area contributed by atoms with Gasteiger partial charge in [-0.05, 0) is 25.2 Å². The number of nitrogens with zero attached hydrogens (tertiary/aromatic N) is 5. The maximum absolute atomic E-state index is 11.9. The molecular formula is C16H25N5O2S. The maximum atomic E-state index is 11.9. The van der Waals surface area contributed by atoms with E-state index in [1.807, 2.05) is 6.92 Å². The molecular weight excluding hydrogens is 326 g/mol. The molecule has 3 fully saturated rings. The molecule has 0 radical (unpaired) electrons. The average molecular weight is 351 g/mol. The van der Waals surface area contributed by atoms with Crippen LogP contribution in [-0.4, -0.2) is 79.2 Å². The standard InChI is InChI=1S/C16H25N5O2S/c1-13-7-16(18-12-17-13)20-10-14-8-19(9-15(14)11-20)4-5-21-3-2-6-24(21,22)23/h7,12,14-15H,2-6,8-11H2,1H3. The van der Waals surface area contributed by atoms with E-state index in [4.69, 9.17) is 0 Å². The molecule has 132 valence electrons. The van der Waals surface area contributed by atoms with Gasteiger partial charge in [0.15, 0.2) is 0 Å². The van der Waals surface area contributed by atoms with Crippen LogP contribution in [0.25, 0.3) is 0 Å². The lowest BCUT2D eigenvalue weighted by Gasteiger charge is -2.24. The van der Waals surface area contributed by atoms with E-state index in [-0.39, 0.29) is 0 Å². The first-order valence-electron chi connectivity index (χ1n) is 8.75. The van der Waals surface area contributed by atoms with Crippen LogP contribution in [0.3, 0.4) is 0 Å². The van der Waals surface area contributed by atoms with Crippen molar-refractivity contribution >= 4 is 15.8 Å². The second-order valence-corrected chi connectivity index (χ2v) is 9.36. The summed E-state index contributed by atoms with van der Waals surface area (Å²) in [6.45, 7) is 8.42. The van der Waals surface area contributed by atoms with Crippen molar-refractivity contribution in [1.82, 2.24) is 19.2 Å². The zero-order valence-electron chi connectivity index (χ0n) is 14.1. The highest BCUT2D eigenvalue weighted by molar-refractivity contribution is 7.89. The van der Waals surface area contributed by atoms with E-state index in [1.165, 1.54) is 0 Å². The molecule has 1 aromatic rings. The first-order valence-corrected chi connectivity index (χ1v) is 10.4. The van der Waals surface area contributed by atoms with Crippen molar-refractivity contribution in [3.63, 3.8) is 0 Å². The quantitative estimate of drug-likeness (QED) is 0.771. The molecule has 7 nitrogen and oxygen atoms in total. The predicted octanol–water partition coefficient (Wildman–Crippen LogP) is 0.189. The maximum Gasteiger partial charge on any atom is 0.214 e. The monoisotopic (exact) mass is 351 g/mol. The molecule has 0 bridgehead atoms. The summed E-state index contributed by atoms with van der Waals surface area (Å²) in [7, 11) is -2.96. The van der Waals surface area contributed by atoms with Crippen molar-refractivity contribution in [2.75, 3.05) is 56.5 Å². The van der Waals surface area contributed by atoms with Gasteiger partial charge in [0.1, 0.15) is 12.1 Å². The van der Waals surface area contributed by atoms with E-state index in [1.54, 1.807) is 10.6 Å². The minimum atomic E-state index is -2.96. The number of likely N-dealkylation sites (tertiary alicyclic amines) is 1. The molecule has 1 aromatic heterocycles. The molecule has 0 spiro atoms. The summed E-state index contributed by atoms with van der Waals surface area (Å²) < 4.78 is 25.4. The number of aryl methyl sites for hydroxylation is 1. The summed E-state index contributed by atoms with van der Waals surface area (Å²) in [6.07, 6.45) is 2.42. The Labute approximate surface area is 143 Å². The van der Waals surface area contributed by atoms with Crippen molar-refractivity contribution in [2.45, 2.75) is 13.3 Å². The summed E-state index contributed by atoms with van der Waals surface area (Å²) in [5.74, 6) is 2.68. The number of aromatic nitrogens is 2. The lowest BCUT2D eigenvalue weighted by Crippen LogP contribution is -2.36. The Kier molecular flexibility index (Phi) is 4.22. The van der Waals surface area contributed by atoms with Crippen molar-refractivity contribution < 1.29 is 8.42 Å². The highest BCUT2D eigenvalue weighted by Gasteiger charge is 2.40. The van der Waals surface area contributed by atoms with Crippen molar-refractivity contribution in [3.8, 4) is 0 Å². The number of rotatable bonds is 4. The topological polar surface area (TPSA) is 69.6 Å². The summed E-state index contributed by atoms with van der Waals surface area (Å²) in [5.41, 5.74) is 1.01. The molecule has 8 heteroatoms. The van der Waals surface area contributed by atoms with Crippen LogP contribution in [0.15, 0.2) is 12.4 Å². The number of hydrogen-bond donors (Lipinski definition) is 0. The molecule has 0 aliphatic carbocycles. The third kappa shape index (κ3) is 3.14. The van der Waals surface area contributed by atoms with Gasteiger partial charge >= 0.3 is 0 Å².